The third-order valence-corrected chi connectivity index (χ3v) is 3.32. The Bertz CT molecular complexity index is 246. The lowest BCUT2D eigenvalue weighted by atomic mass is 9.58. The quantitative estimate of drug-likeness (QED) is 0.526. The second-order valence-corrected chi connectivity index (χ2v) is 4.48. The van der Waals surface area contributed by atoms with Crippen LogP contribution in [-0.2, 0) is 19.1 Å². The maximum Gasteiger partial charge on any atom is 0.323 e. The first kappa shape index (κ1) is 12.0. The first-order valence-electron chi connectivity index (χ1n) is 5.14. The van der Waals surface area contributed by atoms with Crippen LogP contribution in [0.4, 0.5) is 0 Å². The lowest BCUT2D eigenvalue weighted by Crippen LogP contribution is -2.52. The lowest BCUT2D eigenvalue weighted by molar-refractivity contribution is -0.181. The van der Waals surface area contributed by atoms with Gasteiger partial charge in [-0.2, -0.15) is 0 Å². The monoisotopic (exact) mass is 214 g/mol. The van der Waals surface area contributed by atoms with Gasteiger partial charge in [-0.15, -0.1) is 0 Å². The molecule has 0 aromatic rings. The first-order chi connectivity index (χ1) is 6.97. The van der Waals surface area contributed by atoms with Gasteiger partial charge < -0.3 is 9.47 Å². The molecule has 0 aromatic heterocycles. The van der Waals surface area contributed by atoms with E-state index in [0.717, 1.165) is 0 Å². The van der Waals surface area contributed by atoms with E-state index in [-0.39, 0.29) is 0 Å². The van der Waals surface area contributed by atoms with Crippen LogP contribution in [0.15, 0.2) is 0 Å². The topological polar surface area (TPSA) is 52.6 Å². The molecule has 15 heavy (non-hydrogen) atoms. The van der Waals surface area contributed by atoms with Crippen LogP contribution in [0.5, 0.6) is 0 Å². The van der Waals surface area contributed by atoms with Crippen LogP contribution in [0.2, 0.25) is 0 Å². The molecular formula is C11H18O4. The van der Waals surface area contributed by atoms with Crippen LogP contribution >= 0.6 is 0 Å². The molecule has 4 nitrogen and oxygen atoms in total. The summed E-state index contributed by atoms with van der Waals surface area (Å²) < 4.78 is 9.34. The Morgan fingerprint density at radius 2 is 1.53 bits per heavy atom. The molecule has 1 saturated carbocycles. The molecule has 0 saturated heterocycles. The molecule has 0 radical (unpaired) electrons. The highest BCUT2D eigenvalue weighted by molar-refractivity contribution is 6.01. The summed E-state index contributed by atoms with van der Waals surface area (Å²) in [5.41, 5.74) is -1.03. The largest absolute Gasteiger partial charge is 0.468 e. The molecule has 1 aliphatic rings. The molecule has 0 N–H and O–H groups in total. The number of hydrogen-bond acceptors (Lipinski definition) is 4. The van der Waals surface area contributed by atoms with Crippen molar-refractivity contribution in [2.24, 2.45) is 17.3 Å². The Labute approximate surface area is 89.9 Å². The van der Waals surface area contributed by atoms with Crippen molar-refractivity contribution in [2.75, 3.05) is 14.2 Å². The first-order valence-corrected chi connectivity index (χ1v) is 5.14. The van der Waals surface area contributed by atoms with Crippen LogP contribution in [-0.4, -0.2) is 26.2 Å². The van der Waals surface area contributed by atoms with Crippen LogP contribution in [0.3, 0.4) is 0 Å². The molecule has 0 spiro atoms. The Kier molecular flexibility index (Phi) is 3.37. The molecule has 4 heteroatoms. The molecule has 0 amide bonds. The van der Waals surface area contributed by atoms with Gasteiger partial charge in [-0.25, -0.2) is 0 Å². The van der Waals surface area contributed by atoms with Crippen molar-refractivity contribution in [3.63, 3.8) is 0 Å². The zero-order chi connectivity index (χ0) is 11.6. The fraction of sp³-hybridized carbons (Fsp3) is 0.818. The average molecular weight is 214 g/mol. The third-order valence-electron chi connectivity index (χ3n) is 3.32. The highest BCUT2D eigenvalue weighted by atomic mass is 16.5. The highest BCUT2D eigenvalue weighted by Crippen LogP contribution is 2.50. The molecule has 0 bridgehead atoms. The zero-order valence-corrected chi connectivity index (χ0v) is 9.70. The smallest absolute Gasteiger partial charge is 0.323 e. The van der Waals surface area contributed by atoms with Crippen LogP contribution in [0.1, 0.15) is 26.7 Å². The molecular weight excluding hydrogens is 196 g/mol. The predicted octanol–water partition coefficient (Wildman–Crippen LogP) is 1.38. The number of carbonyl (C=O) groups excluding carboxylic acids is 2. The second kappa shape index (κ2) is 4.21. The standard InChI is InChI=1S/C11H18O4/c1-7(2)8-5-11(6-8,9(12)14-3)10(13)15-4/h7-8H,5-6H2,1-4H3. The molecule has 0 unspecified atom stereocenters. The van der Waals surface area contributed by atoms with Gasteiger partial charge in [0.2, 0.25) is 0 Å². The Morgan fingerprint density at radius 3 is 1.80 bits per heavy atom. The summed E-state index contributed by atoms with van der Waals surface area (Å²) in [6.07, 6.45) is 1.09. The Balaban J connectivity index is 2.76. The summed E-state index contributed by atoms with van der Waals surface area (Å²) in [6.45, 7) is 4.17. The van der Waals surface area contributed by atoms with E-state index in [4.69, 9.17) is 0 Å². The van der Waals surface area contributed by atoms with Crippen molar-refractivity contribution in [1.82, 2.24) is 0 Å². The third kappa shape index (κ3) is 1.85. The van der Waals surface area contributed by atoms with E-state index >= 15 is 0 Å². The molecule has 86 valence electrons. The van der Waals surface area contributed by atoms with Gasteiger partial charge in [0, 0.05) is 0 Å². The summed E-state index contributed by atoms with van der Waals surface area (Å²) in [4.78, 5) is 23.1. The maximum absolute atomic E-state index is 11.6. The number of hydrogen-bond donors (Lipinski definition) is 0. The van der Waals surface area contributed by atoms with E-state index < -0.39 is 17.4 Å². The van der Waals surface area contributed by atoms with E-state index in [9.17, 15) is 9.59 Å². The van der Waals surface area contributed by atoms with Crippen molar-refractivity contribution in [3.8, 4) is 0 Å². The van der Waals surface area contributed by atoms with E-state index in [1.54, 1.807) is 0 Å². The summed E-state index contributed by atoms with van der Waals surface area (Å²) in [6, 6.07) is 0. The predicted molar refractivity (Wildman–Crippen MR) is 54.0 cm³/mol. The fourth-order valence-electron chi connectivity index (χ4n) is 2.11. The number of carbonyl (C=O) groups is 2. The summed E-state index contributed by atoms with van der Waals surface area (Å²) >= 11 is 0. The van der Waals surface area contributed by atoms with E-state index in [1.165, 1.54) is 14.2 Å². The molecule has 0 heterocycles. The van der Waals surface area contributed by atoms with Gasteiger partial charge in [0.05, 0.1) is 14.2 Å². The Hall–Kier alpha value is -1.06. The van der Waals surface area contributed by atoms with E-state index in [1.807, 2.05) is 0 Å². The van der Waals surface area contributed by atoms with Gasteiger partial charge in [0.15, 0.2) is 5.41 Å². The van der Waals surface area contributed by atoms with Crippen molar-refractivity contribution in [2.45, 2.75) is 26.7 Å². The van der Waals surface area contributed by atoms with Crippen LogP contribution in [0.25, 0.3) is 0 Å². The molecule has 0 atom stereocenters. The summed E-state index contributed by atoms with van der Waals surface area (Å²) in [5.74, 6) is -0.0480. The number of ether oxygens (including phenoxy) is 2. The van der Waals surface area contributed by atoms with Crippen LogP contribution < -0.4 is 0 Å². The normalized spacial score (nSPS) is 19.5. The second-order valence-electron chi connectivity index (χ2n) is 4.48. The van der Waals surface area contributed by atoms with Gasteiger partial charge in [0.1, 0.15) is 0 Å². The van der Waals surface area contributed by atoms with Crippen molar-refractivity contribution < 1.29 is 19.1 Å². The van der Waals surface area contributed by atoms with Crippen LogP contribution in [0, 0.1) is 17.3 Å². The molecule has 0 aromatic carbocycles. The van der Waals surface area contributed by atoms with Crippen molar-refractivity contribution in [1.29, 1.82) is 0 Å². The van der Waals surface area contributed by atoms with Gasteiger partial charge in [-0.3, -0.25) is 9.59 Å². The minimum Gasteiger partial charge on any atom is -0.468 e. The fourth-order valence-corrected chi connectivity index (χ4v) is 2.11. The van der Waals surface area contributed by atoms with Gasteiger partial charge in [-0.1, -0.05) is 13.8 Å². The summed E-state index contributed by atoms with van der Waals surface area (Å²) in [7, 11) is 2.60. The number of rotatable bonds is 3. The lowest BCUT2D eigenvalue weighted by Gasteiger charge is -2.44. The van der Waals surface area contributed by atoms with Crippen molar-refractivity contribution >= 4 is 11.9 Å². The number of esters is 2. The molecule has 0 aliphatic heterocycles. The maximum atomic E-state index is 11.6. The minimum atomic E-state index is -1.03. The zero-order valence-electron chi connectivity index (χ0n) is 9.70. The highest BCUT2D eigenvalue weighted by Gasteiger charge is 2.58. The minimum absolute atomic E-state index is 0.406. The van der Waals surface area contributed by atoms with Crippen molar-refractivity contribution in [3.05, 3.63) is 0 Å². The SMILES string of the molecule is COC(=O)C1(C(=O)OC)CC(C(C)C)C1. The van der Waals surface area contributed by atoms with E-state index in [0.29, 0.717) is 24.7 Å². The molecule has 1 aliphatic carbocycles. The molecule has 1 rings (SSSR count). The van der Waals surface area contributed by atoms with Gasteiger partial charge in [0.25, 0.3) is 0 Å². The average Bonchev–Trinajstić information content (AvgIpc) is 2.14. The summed E-state index contributed by atoms with van der Waals surface area (Å²) in [5, 5.41) is 0. The van der Waals surface area contributed by atoms with E-state index in [2.05, 4.69) is 23.3 Å². The molecule has 1 fully saturated rings. The van der Waals surface area contributed by atoms with Gasteiger partial charge >= 0.3 is 11.9 Å². The number of methoxy groups -OCH3 is 2. The van der Waals surface area contributed by atoms with Gasteiger partial charge in [-0.05, 0) is 24.7 Å². The Morgan fingerprint density at radius 1 is 1.13 bits per heavy atom.